The first-order valence-corrected chi connectivity index (χ1v) is 9.63. The Labute approximate surface area is 164 Å². The summed E-state index contributed by atoms with van der Waals surface area (Å²) in [4.78, 5) is 8.86. The van der Waals surface area contributed by atoms with Crippen LogP contribution < -0.4 is 0 Å². The lowest BCUT2D eigenvalue weighted by Gasteiger charge is -2.09. The standard InChI is InChI=1S/C22H13FN4S/c23-19-10-20-18(9-17(19)15-6-8-28-12-15)22-21(11-25-20)26-13-27(22)16-3-1-14(2-4-16)5-7-24/h1-4,6,8-13H,5H2. The maximum absolute atomic E-state index is 14.7. The second kappa shape index (κ2) is 6.55. The first-order valence-electron chi connectivity index (χ1n) is 8.69. The molecule has 0 spiro atoms. The van der Waals surface area contributed by atoms with Crippen LogP contribution in [0.4, 0.5) is 4.39 Å². The van der Waals surface area contributed by atoms with Gasteiger partial charge in [-0.1, -0.05) is 12.1 Å². The van der Waals surface area contributed by atoms with Crippen LogP contribution in [0.2, 0.25) is 0 Å². The minimum atomic E-state index is -0.287. The fraction of sp³-hybridized carbons (Fsp3) is 0.0455. The van der Waals surface area contributed by atoms with Gasteiger partial charge in [-0.25, -0.2) is 9.37 Å². The number of benzene rings is 2. The Morgan fingerprint density at radius 2 is 1.93 bits per heavy atom. The number of nitriles is 1. The van der Waals surface area contributed by atoms with E-state index in [1.54, 1.807) is 12.5 Å². The number of nitrogens with zero attached hydrogens (tertiary/aromatic N) is 4. The zero-order chi connectivity index (χ0) is 19.1. The van der Waals surface area contributed by atoms with Crippen molar-refractivity contribution in [3.05, 3.63) is 77.1 Å². The largest absolute Gasteiger partial charge is 0.298 e. The van der Waals surface area contributed by atoms with Crippen LogP contribution in [-0.4, -0.2) is 14.5 Å². The zero-order valence-corrected chi connectivity index (χ0v) is 15.4. The lowest BCUT2D eigenvalue weighted by molar-refractivity contribution is 0.633. The lowest BCUT2D eigenvalue weighted by atomic mass is 10.0. The first kappa shape index (κ1) is 16.6. The molecule has 4 nitrogen and oxygen atoms in total. The molecule has 3 aromatic heterocycles. The predicted molar refractivity (Wildman–Crippen MR) is 109 cm³/mol. The van der Waals surface area contributed by atoms with E-state index >= 15 is 0 Å². The minimum absolute atomic E-state index is 0.287. The van der Waals surface area contributed by atoms with E-state index in [1.165, 1.54) is 17.4 Å². The first-order chi connectivity index (χ1) is 13.7. The Bertz CT molecular complexity index is 1350. The Morgan fingerprint density at radius 1 is 1.07 bits per heavy atom. The van der Waals surface area contributed by atoms with Crippen molar-refractivity contribution < 1.29 is 4.39 Å². The van der Waals surface area contributed by atoms with Crippen molar-refractivity contribution in [2.45, 2.75) is 6.42 Å². The Hall–Kier alpha value is -3.56. The second-order valence-corrected chi connectivity index (χ2v) is 7.25. The fourth-order valence-corrected chi connectivity index (χ4v) is 4.07. The summed E-state index contributed by atoms with van der Waals surface area (Å²) < 4.78 is 16.6. The third-order valence-corrected chi connectivity index (χ3v) is 5.48. The van der Waals surface area contributed by atoms with Crippen molar-refractivity contribution in [3.8, 4) is 22.9 Å². The molecule has 0 saturated carbocycles. The quantitative estimate of drug-likeness (QED) is 0.412. The lowest BCUT2D eigenvalue weighted by Crippen LogP contribution is -1.95. The van der Waals surface area contributed by atoms with Gasteiger partial charge in [-0.05, 0) is 46.2 Å². The van der Waals surface area contributed by atoms with Crippen molar-refractivity contribution in [1.82, 2.24) is 14.5 Å². The third-order valence-electron chi connectivity index (χ3n) is 4.79. The van der Waals surface area contributed by atoms with Gasteiger partial charge in [0.15, 0.2) is 0 Å². The summed E-state index contributed by atoms with van der Waals surface area (Å²) in [6.07, 6.45) is 3.79. The number of fused-ring (bicyclic) bond motifs is 3. The van der Waals surface area contributed by atoms with Crippen LogP contribution in [0.1, 0.15) is 5.56 Å². The summed E-state index contributed by atoms with van der Waals surface area (Å²) >= 11 is 1.54. The smallest absolute Gasteiger partial charge is 0.133 e. The number of hydrogen-bond acceptors (Lipinski definition) is 4. The molecule has 3 heterocycles. The van der Waals surface area contributed by atoms with Crippen molar-refractivity contribution in [2.75, 3.05) is 0 Å². The molecule has 2 aromatic carbocycles. The highest BCUT2D eigenvalue weighted by atomic mass is 32.1. The summed E-state index contributed by atoms with van der Waals surface area (Å²) in [6, 6.07) is 15.2. The van der Waals surface area contributed by atoms with Crippen LogP contribution in [0.25, 0.3) is 38.8 Å². The maximum atomic E-state index is 14.7. The Morgan fingerprint density at radius 3 is 2.68 bits per heavy atom. The molecule has 28 heavy (non-hydrogen) atoms. The molecule has 0 aliphatic rings. The molecule has 0 bridgehead atoms. The van der Waals surface area contributed by atoms with Crippen LogP contribution in [0.5, 0.6) is 0 Å². The zero-order valence-electron chi connectivity index (χ0n) is 14.6. The number of hydrogen-bond donors (Lipinski definition) is 0. The summed E-state index contributed by atoms with van der Waals surface area (Å²) in [5, 5.41) is 13.6. The van der Waals surface area contributed by atoms with Crippen molar-refractivity contribution in [3.63, 3.8) is 0 Å². The molecule has 5 rings (SSSR count). The maximum Gasteiger partial charge on any atom is 0.133 e. The molecule has 134 valence electrons. The van der Waals surface area contributed by atoms with E-state index in [1.807, 2.05) is 51.7 Å². The van der Waals surface area contributed by atoms with Crippen LogP contribution in [0.3, 0.4) is 0 Å². The average molecular weight is 384 g/mol. The fourth-order valence-electron chi connectivity index (χ4n) is 3.41. The predicted octanol–water partition coefficient (Wildman–Crippen LogP) is 5.51. The highest BCUT2D eigenvalue weighted by Gasteiger charge is 2.14. The van der Waals surface area contributed by atoms with E-state index in [0.29, 0.717) is 17.5 Å². The van der Waals surface area contributed by atoms with Gasteiger partial charge < -0.3 is 0 Å². The van der Waals surface area contributed by atoms with Gasteiger partial charge in [0.1, 0.15) is 17.7 Å². The number of pyridine rings is 1. The van der Waals surface area contributed by atoms with E-state index in [0.717, 1.165) is 33.2 Å². The van der Waals surface area contributed by atoms with Crippen LogP contribution in [0.15, 0.2) is 65.7 Å². The van der Waals surface area contributed by atoms with Crippen molar-refractivity contribution in [1.29, 1.82) is 5.26 Å². The second-order valence-electron chi connectivity index (χ2n) is 6.47. The average Bonchev–Trinajstić information content (AvgIpc) is 3.38. The molecule has 6 heteroatoms. The van der Waals surface area contributed by atoms with E-state index in [4.69, 9.17) is 5.26 Å². The molecule has 5 aromatic rings. The van der Waals surface area contributed by atoms with Gasteiger partial charge in [0.2, 0.25) is 0 Å². The highest BCUT2D eigenvalue weighted by Crippen LogP contribution is 2.32. The van der Waals surface area contributed by atoms with Crippen molar-refractivity contribution in [2.24, 2.45) is 0 Å². The topological polar surface area (TPSA) is 54.5 Å². The van der Waals surface area contributed by atoms with Gasteiger partial charge in [-0.3, -0.25) is 9.55 Å². The van der Waals surface area contributed by atoms with Crippen LogP contribution >= 0.6 is 11.3 Å². The summed E-state index contributed by atoms with van der Waals surface area (Å²) in [7, 11) is 0. The van der Waals surface area contributed by atoms with E-state index in [9.17, 15) is 4.39 Å². The Balaban J connectivity index is 1.76. The molecule has 0 radical (unpaired) electrons. The minimum Gasteiger partial charge on any atom is -0.298 e. The number of aromatic nitrogens is 3. The molecule has 0 N–H and O–H groups in total. The molecular formula is C22H13FN4S. The van der Waals surface area contributed by atoms with Gasteiger partial charge in [-0.15, -0.1) is 0 Å². The SMILES string of the molecule is N#CCc1ccc(-n2cnc3cnc4cc(F)c(-c5ccsc5)cc4c32)cc1. The molecule has 0 aliphatic carbocycles. The van der Waals surface area contributed by atoms with Gasteiger partial charge in [0.05, 0.1) is 29.7 Å². The molecule has 0 unspecified atom stereocenters. The number of rotatable bonds is 3. The third kappa shape index (κ3) is 2.65. The van der Waals surface area contributed by atoms with Crippen LogP contribution in [0, 0.1) is 17.1 Å². The molecule has 0 amide bonds. The van der Waals surface area contributed by atoms with Gasteiger partial charge in [-0.2, -0.15) is 16.6 Å². The number of imidazole rings is 1. The Kier molecular flexibility index (Phi) is 3.89. The molecule has 0 aliphatic heterocycles. The summed E-state index contributed by atoms with van der Waals surface area (Å²) in [5.41, 5.74) is 5.52. The van der Waals surface area contributed by atoms with Gasteiger partial charge in [0, 0.05) is 22.7 Å². The normalized spacial score (nSPS) is 11.1. The molecule has 0 fully saturated rings. The molecular weight excluding hydrogens is 371 g/mol. The van der Waals surface area contributed by atoms with Gasteiger partial charge in [0.25, 0.3) is 0 Å². The molecule has 0 atom stereocenters. The van der Waals surface area contributed by atoms with E-state index < -0.39 is 0 Å². The number of thiophene rings is 1. The van der Waals surface area contributed by atoms with Crippen LogP contribution in [-0.2, 0) is 6.42 Å². The summed E-state index contributed by atoms with van der Waals surface area (Å²) in [5.74, 6) is -0.287. The van der Waals surface area contributed by atoms with Gasteiger partial charge >= 0.3 is 0 Å². The summed E-state index contributed by atoms with van der Waals surface area (Å²) in [6.45, 7) is 0. The molecule has 0 saturated heterocycles. The highest BCUT2D eigenvalue weighted by molar-refractivity contribution is 7.08. The van der Waals surface area contributed by atoms with Crippen molar-refractivity contribution >= 4 is 33.3 Å². The number of halogens is 1. The van der Waals surface area contributed by atoms with E-state index in [2.05, 4.69) is 16.0 Å². The monoisotopic (exact) mass is 384 g/mol. The van der Waals surface area contributed by atoms with E-state index in [-0.39, 0.29) is 5.82 Å².